The van der Waals surface area contributed by atoms with Crippen LogP contribution in [0, 0.1) is 0 Å². The first kappa shape index (κ1) is 34.6. The first-order valence-electron chi connectivity index (χ1n) is 18.6. The second-order valence-corrected chi connectivity index (χ2v) is 18.0. The molecule has 0 aliphatic heterocycles. The zero-order valence-electron chi connectivity index (χ0n) is 30.3. The SMILES string of the molecule is c1ccc(-c2ccc(-c3ccc(-c4ccc(-c5ccc(-c6ccc(-c7ccc(-c8ccc(-c9ccc(-c%10ccccc%10)cc9)cc8)s7)s6)s5)s4)cc3)cc2)cc1. The van der Waals surface area contributed by atoms with Crippen molar-refractivity contribution in [3.63, 3.8) is 0 Å². The Balaban J connectivity index is 0.795. The largest absolute Gasteiger partial charge is 0.134 e. The van der Waals surface area contributed by atoms with E-state index in [0.717, 1.165) is 0 Å². The summed E-state index contributed by atoms with van der Waals surface area (Å²) in [4.78, 5) is 10.5. The molecule has 10 aromatic rings. The van der Waals surface area contributed by atoms with Crippen molar-refractivity contribution in [2.45, 2.75) is 0 Å². The predicted molar refractivity (Wildman–Crippen MR) is 247 cm³/mol. The van der Waals surface area contributed by atoms with E-state index in [2.05, 4.69) is 206 Å². The molecule has 0 saturated heterocycles. The van der Waals surface area contributed by atoms with Gasteiger partial charge in [0.2, 0.25) is 0 Å². The molecule has 56 heavy (non-hydrogen) atoms. The van der Waals surface area contributed by atoms with E-state index in [1.54, 1.807) is 0 Å². The van der Waals surface area contributed by atoms with Gasteiger partial charge in [-0.15, -0.1) is 45.3 Å². The Morgan fingerprint density at radius 2 is 0.321 bits per heavy atom. The maximum Gasteiger partial charge on any atom is 0.0449 e. The number of benzene rings is 6. The van der Waals surface area contributed by atoms with Gasteiger partial charge in [0, 0.05) is 39.0 Å². The Kier molecular flexibility index (Phi) is 9.47. The molecule has 0 bridgehead atoms. The van der Waals surface area contributed by atoms with Gasteiger partial charge >= 0.3 is 0 Å². The van der Waals surface area contributed by atoms with E-state index in [-0.39, 0.29) is 0 Å². The lowest BCUT2D eigenvalue weighted by Crippen LogP contribution is -1.81. The zero-order valence-corrected chi connectivity index (χ0v) is 33.5. The van der Waals surface area contributed by atoms with Crippen LogP contribution in [0.3, 0.4) is 0 Å². The van der Waals surface area contributed by atoms with Gasteiger partial charge in [-0.2, -0.15) is 0 Å². The summed E-state index contributed by atoms with van der Waals surface area (Å²) in [5.41, 5.74) is 12.4. The molecule has 0 amide bonds. The highest BCUT2D eigenvalue weighted by Gasteiger charge is 2.13. The molecule has 10 rings (SSSR count). The molecule has 0 N–H and O–H groups in total. The van der Waals surface area contributed by atoms with Crippen LogP contribution in [0.1, 0.15) is 0 Å². The van der Waals surface area contributed by atoms with Crippen molar-refractivity contribution < 1.29 is 0 Å². The Labute approximate surface area is 344 Å². The van der Waals surface area contributed by atoms with E-state index >= 15 is 0 Å². The predicted octanol–water partition coefficient (Wildman–Crippen LogP) is 16.9. The zero-order chi connectivity index (χ0) is 37.3. The van der Waals surface area contributed by atoms with Gasteiger partial charge in [-0.3, -0.25) is 0 Å². The summed E-state index contributed by atoms with van der Waals surface area (Å²) in [5.74, 6) is 0. The van der Waals surface area contributed by atoms with Crippen molar-refractivity contribution >= 4 is 45.3 Å². The molecular formula is C52H34S4. The van der Waals surface area contributed by atoms with Gasteiger partial charge in [-0.1, -0.05) is 158 Å². The lowest BCUT2D eigenvalue weighted by atomic mass is 9.99. The number of hydrogen-bond acceptors (Lipinski definition) is 4. The minimum atomic E-state index is 1.23. The third-order valence-electron chi connectivity index (χ3n) is 10.1. The van der Waals surface area contributed by atoms with Crippen LogP contribution in [-0.2, 0) is 0 Å². The number of thiophene rings is 4. The van der Waals surface area contributed by atoms with Crippen LogP contribution >= 0.6 is 45.3 Å². The Morgan fingerprint density at radius 1 is 0.143 bits per heavy atom. The minimum absolute atomic E-state index is 1.23. The lowest BCUT2D eigenvalue weighted by molar-refractivity contribution is 1.59. The van der Waals surface area contributed by atoms with Crippen LogP contribution < -0.4 is 0 Å². The summed E-state index contributed by atoms with van der Waals surface area (Å²) in [7, 11) is 0. The van der Waals surface area contributed by atoms with Crippen LogP contribution in [0.25, 0.3) is 94.7 Å². The Hall–Kier alpha value is -5.88. The topological polar surface area (TPSA) is 0 Å². The summed E-state index contributed by atoms with van der Waals surface area (Å²) in [6, 6.07) is 75.0. The standard InChI is InChI=1S/C52H34S4/c1-3-7-35(8-4-1)37-11-15-39(16-12-37)41-19-23-43(24-20-41)45-27-29-47(53-45)49-31-33-51(55-49)52-34-32-50(56-52)48-30-28-46(54-48)44-25-21-42(22-26-44)40-17-13-38(14-18-40)36-9-5-2-6-10-36/h1-34H. The molecule has 4 heteroatoms. The van der Waals surface area contributed by atoms with Crippen LogP contribution in [0.2, 0.25) is 0 Å². The van der Waals surface area contributed by atoms with Gasteiger partial charge in [-0.25, -0.2) is 0 Å². The second kappa shape index (κ2) is 15.3. The highest BCUT2D eigenvalue weighted by Crippen LogP contribution is 2.45. The fourth-order valence-corrected chi connectivity index (χ4v) is 11.4. The summed E-state index contributed by atoms with van der Waals surface area (Å²) in [5, 5.41) is 0. The minimum Gasteiger partial charge on any atom is -0.134 e. The van der Waals surface area contributed by atoms with Gasteiger partial charge < -0.3 is 0 Å². The van der Waals surface area contributed by atoms with Crippen LogP contribution in [0.15, 0.2) is 206 Å². The molecule has 0 spiro atoms. The van der Waals surface area contributed by atoms with Crippen molar-refractivity contribution in [1.82, 2.24) is 0 Å². The van der Waals surface area contributed by atoms with Gasteiger partial charge in [0.25, 0.3) is 0 Å². The lowest BCUT2D eigenvalue weighted by Gasteiger charge is -2.06. The fourth-order valence-electron chi connectivity index (χ4n) is 7.08. The Bertz CT molecular complexity index is 2650. The average molecular weight is 787 g/mol. The van der Waals surface area contributed by atoms with Crippen LogP contribution in [0.5, 0.6) is 0 Å². The molecule has 0 unspecified atom stereocenters. The Morgan fingerprint density at radius 3 is 0.571 bits per heavy atom. The van der Waals surface area contributed by atoms with Gasteiger partial charge in [0.15, 0.2) is 0 Å². The highest BCUT2D eigenvalue weighted by molar-refractivity contribution is 7.29. The van der Waals surface area contributed by atoms with Crippen molar-refractivity contribution in [2.75, 3.05) is 0 Å². The van der Waals surface area contributed by atoms with E-state index in [9.17, 15) is 0 Å². The van der Waals surface area contributed by atoms with E-state index in [0.29, 0.717) is 0 Å². The first-order chi connectivity index (χ1) is 27.7. The molecule has 0 radical (unpaired) electrons. The average Bonchev–Trinajstić information content (AvgIpc) is 4.12. The normalized spacial score (nSPS) is 11.2. The highest BCUT2D eigenvalue weighted by atomic mass is 32.1. The molecule has 4 heterocycles. The molecule has 0 aliphatic carbocycles. The van der Waals surface area contributed by atoms with E-state index in [1.807, 2.05) is 45.3 Å². The smallest absolute Gasteiger partial charge is 0.0449 e. The third-order valence-corrected chi connectivity index (χ3v) is 15.2. The quantitative estimate of drug-likeness (QED) is 0.137. The van der Waals surface area contributed by atoms with Crippen LogP contribution in [-0.4, -0.2) is 0 Å². The summed E-state index contributed by atoms with van der Waals surface area (Å²) < 4.78 is 0. The van der Waals surface area contributed by atoms with Crippen molar-refractivity contribution in [1.29, 1.82) is 0 Å². The molecule has 0 aliphatic rings. The molecular weight excluding hydrogens is 753 g/mol. The van der Waals surface area contributed by atoms with Gasteiger partial charge in [-0.05, 0) is 104 Å². The molecule has 266 valence electrons. The number of rotatable bonds is 9. The van der Waals surface area contributed by atoms with Crippen molar-refractivity contribution in [2.24, 2.45) is 0 Å². The molecule has 0 fully saturated rings. The molecule has 4 aromatic heterocycles. The van der Waals surface area contributed by atoms with E-state index in [4.69, 9.17) is 0 Å². The summed E-state index contributed by atoms with van der Waals surface area (Å²) in [6.45, 7) is 0. The maximum absolute atomic E-state index is 2.28. The van der Waals surface area contributed by atoms with Gasteiger partial charge in [0.05, 0.1) is 0 Å². The first-order valence-corrected chi connectivity index (χ1v) is 21.9. The van der Waals surface area contributed by atoms with E-state index < -0.39 is 0 Å². The van der Waals surface area contributed by atoms with Crippen molar-refractivity contribution in [3.05, 3.63) is 206 Å². The second-order valence-electron chi connectivity index (χ2n) is 13.7. The van der Waals surface area contributed by atoms with Crippen molar-refractivity contribution in [3.8, 4) is 94.7 Å². The van der Waals surface area contributed by atoms with Crippen LogP contribution in [0.4, 0.5) is 0 Å². The third kappa shape index (κ3) is 7.16. The van der Waals surface area contributed by atoms with Gasteiger partial charge in [0.1, 0.15) is 0 Å². The maximum atomic E-state index is 2.28. The monoisotopic (exact) mass is 786 g/mol. The summed E-state index contributed by atoms with van der Waals surface area (Å²) in [6.07, 6.45) is 0. The summed E-state index contributed by atoms with van der Waals surface area (Å²) >= 11 is 7.49. The molecule has 0 saturated carbocycles. The molecule has 0 nitrogen and oxygen atoms in total. The fraction of sp³-hybridized carbons (Fsp3) is 0. The number of hydrogen-bond donors (Lipinski definition) is 0. The van der Waals surface area contributed by atoms with E-state index in [1.165, 1.54) is 94.7 Å². The molecule has 0 atom stereocenters. The molecule has 6 aromatic carbocycles.